The largest absolute Gasteiger partial charge is 0.306 e. The van der Waals surface area contributed by atoms with Crippen LogP contribution in [0.3, 0.4) is 0 Å². The minimum Gasteiger partial charge on any atom is -0.306 e. The number of benzene rings is 1. The number of aryl methyl sites for hydroxylation is 4. The van der Waals surface area contributed by atoms with Gasteiger partial charge in [0.15, 0.2) is 0 Å². The minimum atomic E-state index is 0.220. The van der Waals surface area contributed by atoms with Gasteiger partial charge in [-0.3, -0.25) is 4.98 Å². The van der Waals surface area contributed by atoms with Crippen molar-refractivity contribution in [3.05, 3.63) is 64.0 Å². The molecule has 0 fully saturated rings. The molecule has 2 nitrogen and oxygen atoms in total. The van der Waals surface area contributed by atoms with Gasteiger partial charge in [-0.25, -0.2) is 0 Å². The topological polar surface area (TPSA) is 24.9 Å². The Bertz CT molecular complexity index is 617. The molecule has 1 heterocycles. The van der Waals surface area contributed by atoms with Crippen molar-refractivity contribution in [1.29, 1.82) is 0 Å². The molecule has 0 bridgehead atoms. The molecule has 0 radical (unpaired) electrons. The number of rotatable bonds is 5. The Morgan fingerprint density at radius 2 is 1.76 bits per heavy atom. The van der Waals surface area contributed by atoms with Gasteiger partial charge in [0.1, 0.15) is 0 Å². The van der Waals surface area contributed by atoms with Gasteiger partial charge in [0.25, 0.3) is 0 Å². The van der Waals surface area contributed by atoms with Gasteiger partial charge in [0.05, 0.1) is 6.04 Å². The van der Waals surface area contributed by atoms with E-state index < -0.39 is 0 Å². The molecule has 21 heavy (non-hydrogen) atoms. The van der Waals surface area contributed by atoms with E-state index >= 15 is 0 Å². The number of pyridine rings is 1. The molecule has 112 valence electrons. The third-order valence-electron chi connectivity index (χ3n) is 3.92. The second kappa shape index (κ2) is 6.86. The van der Waals surface area contributed by atoms with Gasteiger partial charge >= 0.3 is 0 Å². The van der Waals surface area contributed by atoms with E-state index in [9.17, 15) is 0 Å². The highest BCUT2D eigenvalue weighted by molar-refractivity contribution is 5.40. The average molecular weight is 282 g/mol. The summed E-state index contributed by atoms with van der Waals surface area (Å²) in [5.74, 6) is 0. The predicted octanol–water partition coefficient (Wildman–Crippen LogP) is 4.40. The van der Waals surface area contributed by atoms with Crippen molar-refractivity contribution in [2.75, 3.05) is 6.54 Å². The molecule has 2 rings (SSSR count). The molecule has 2 aromatic rings. The molecule has 0 aliphatic heterocycles. The van der Waals surface area contributed by atoms with Gasteiger partial charge in [-0.1, -0.05) is 36.8 Å². The zero-order valence-corrected chi connectivity index (χ0v) is 13.8. The first-order valence-corrected chi connectivity index (χ1v) is 7.77. The molecule has 1 aromatic carbocycles. The molecule has 0 saturated heterocycles. The van der Waals surface area contributed by atoms with Gasteiger partial charge in [-0.05, 0) is 63.4 Å². The van der Waals surface area contributed by atoms with Gasteiger partial charge in [0, 0.05) is 11.4 Å². The zero-order valence-electron chi connectivity index (χ0n) is 13.8. The monoisotopic (exact) mass is 282 g/mol. The van der Waals surface area contributed by atoms with Crippen molar-refractivity contribution >= 4 is 0 Å². The van der Waals surface area contributed by atoms with Gasteiger partial charge in [-0.15, -0.1) is 0 Å². The molecule has 0 saturated carbocycles. The molecular weight excluding hydrogens is 256 g/mol. The number of aromatic nitrogens is 1. The van der Waals surface area contributed by atoms with Crippen LogP contribution < -0.4 is 5.32 Å². The fourth-order valence-corrected chi connectivity index (χ4v) is 2.75. The van der Waals surface area contributed by atoms with Crippen molar-refractivity contribution in [3.8, 4) is 0 Å². The van der Waals surface area contributed by atoms with Crippen LogP contribution in [0.2, 0.25) is 0 Å². The Morgan fingerprint density at radius 1 is 1.00 bits per heavy atom. The van der Waals surface area contributed by atoms with E-state index in [0.29, 0.717) is 0 Å². The summed E-state index contributed by atoms with van der Waals surface area (Å²) in [6.07, 6.45) is 1.12. The number of hydrogen-bond acceptors (Lipinski definition) is 2. The normalized spacial score (nSPS) is 12.4. The van der Waals surface area contributed by atoms with Crippen LogP contribution in [-0.4, -0.2) is 11.5 Å². The second-order valence-corrected chi connectivity index (χ2v) is 5.87. The Morgan fingerprint density at radius 3 is 2.43 bits per heavy atom. The lowest BCUT2D eigenvalue weighted by molar-refractivity contribution is 0.591. The second-order valence-electron chi connectivity index (χ2n) is 5.87. The number of hydrogen-bond donors (Lipinski definition) is 1. The van der Waals surface area contributed by atoms with Crippen LogP contribution in [0.25, 0.3) is 0 Å². The summed E-state index contributed by atoms with van der Waals surface area (Å²) in [6, 6.07) is 11.2. The van der Waals surface area contributed by atoms with Crippen molar-refractivity contribution in [3.63, 3.8) is 0 Å². The molecule has 1 unspecified atom stereocenters. The lowest BCUT2D eigenvalue weighted by Gasteiger charge is -2.23. The maximum Gasteiger partial charge on any atom is 0.0597 e. The van der Waals surface area contributed by atoms with Crippen LogP contribution in [0.15, 0.2) is 30.3 Å². The van der Waals surface area contributed by atoms with Gasteiger partial charge in [-0.2, -0.15) is 0 Å². The summed E-state index contributed by atoms with van der Waals surface area (Å²) in [6.45, 7) is 11.7. The van der Waals surface area contributed by atoms with E-state index in [-0.39, 0.29) is 6.04 Å². The first kappa shape index (κ1) is 15.7. The number of nitrogens with one attached hydrogen (secondary N) is 1. The maximum absolute atomic E-state index is 4.64. The van der Waals surface area contributed by atoms with Crippen molar-refractivity contribution in [2.24, 2.45) is 0 Å². The summed E-state index contributed by atoms with van der Waals surface area (Å²) in [5, 5.41) is 3.69. The van der Waals surface area contributed by atoms with Crippen LogP contribution >= 0.6 is 0 Å². The molecule has 0 amide bonds. The Hall–Kier alpha value is -1.67. The third-order valence-corrected chi connectivity index (χ3v) is 3.92. The van der Waals surface area contributed by atoms with Crippen LogP contribution in [0.5, 0.6) is 0 Å². The number of nitrogens with zero attached hydrogens (tertiary/aromatic N) is 1. The van der Waals surface area contributed by atoms with E-state index in [4.69, 9.17) is 0 Å². The first-order chi connectivity index (χ1) is 10.0. The highest BCUT2D eigenvalue weighted by Gasteiger charge is 2.18. The van der Waals surface area contributed by atoms with Crippen LogP contribution in [0.1, 0.15) is 53.0 Å². The summed E-state index contributed by atoms with van der Waals surface area (Å²) in [5.41, 5.74) is 7.46. The Labute approximate surface area is 128 Å². The first-order valence-electron chi connectivity index (χ1n) is 7.77. The molecule has 1 atom stereocenters. The lowest BCUT2D eigenvalue weighted by atomic mass is 9.92. The van der Waals surface area contributed by atoms with Crippen LogP contribution in [0.4, 0.5) is 0 Å². The quantitative estimate of drug-likeness (QED) is 0.879. The van der Waals surface area contributed by atoms with Crippen LogP contribution in [-0.2, 0) is 0 Å². The third kappa shape index (κ3) is 3.70. The zero-order chi connectivity index (χ0) is 15.4. The molecule has 0 aliphatic rings. The summed E-state index contributed by atoms with van der Waals surface area (Å²) in [4.78, 5) is 4.64. The fourth-order valence-electron chi connectivity index (χ4n) is 2.75. The highest BCUT2D eigenvalue weighted by atomic mass is 14.9. The molecule has 1 aromatic heterocycles. The SMILES string of the molecule is CCCNC(c1cc(C)ccc1C)c1ccc(C)nc1C. The van der Waals surface area contributed by atoms with Crippen molar-refractivity contribution < 1.29 is 0 Å². The molecular formula is C19H26N2. The smallest absolute Gasteiger partial charge is 0.0597 e. The van der Waals surface area contributed by atoms with E-state index in [1.807, 2.05) is 6.92 Å². The Balaban J connectivity index is 2.49. The molecule has 2 heteroatoms. The average Bonchev–Trinajstić information content (AvgIpc) is 2.44. The van der Waals surface area contributed by atoms with Gasteiger partial charge in [0.2, 0.25) is 0 Å². The van der Waals surface area contributed by atoms with E-state index in [1.54, 1.807) is 0 Å². The summed E-state index contributed by atoms with van der Waals surface area (Å²) < 4.78 is 0. The van der Waals surface area contributed by atoms with Gasteiger partial charge < -0.3 is 5.32 Å². The summed E-state index contributed by atoms with van der Waals surface area (Å²) in [7, 11) is 0. The van der Waals surface area contributed by atoms with Crippen molar-refractivity contribution in [1.82, 2.24) is 10.3 Å². The summed E-state index contributed by atoms with van der Waals surface area (Å²) >= 11 is 0. The van der Waals surface area contributed by atoms with E-state index in [1.165, 1.54) is 22.3 Å². The molecule has 0 spiro atoms. The van der Waals surface area contributed by atoms with E-state index in [0.717, 1.165) is 24.4 Å². The van der Waals surface area contributed by atoms with Crippen molar-refractivity contribution in [2.45, 2.75) is 47.1 Å². The molecule has 0 aliphatic carbocycles. The standard InChI is InChI=1S/C19H26N2/c1-6-11-20-19(17-10-9-15(4)21-16(17)5)18-12-13(2)7-8-14(18)3/h7-10,12,19-20H,6,11H2,1-5H3. The fraction of sp³-hybridized carbons (Fsp3) is 0.421. The maximum atomic E-state index is 4.64. The predicted molar refractivity (Wildman–Crippen MR) is 89.8 cm³/mol. The lowest BCUT2D eigenvalue weighted by Crippen LogP contribution is -2.25. The van der Waals surface area contributed by atoms with E-state index in [2.05, 4.69) is 68.3 Å². The van der Waals surface area contributed by atoms with Crippen LogP contribution in [0, 0.1) is 27.7 Å². The Kier molecular flexibility index (Phi) is 5.13. The molecule has 1 N–H and O–H groups in total. The minimum absolute atomic E-state index is 0.220. The highest BCUT2D eigenvalue weighted by Crippen LogP contribution is 2.27.